The molecule has 288 valence electrons. The molecule has 0 atom stereocenters. The number of benzene rings is 7. The molecular formula is C52H37N5OPt-2. The Morgan fingerprint density at radius 3 is 2.07 bits per heavy atom. The molecule has 59 heavy (non-hydrogen) atoms. The summed E-state index contributed by atoms with van der Waals surface area (Å²) in [6.45, 7) is 1.91. The van der Waals surface area contributed by atoms with Gasteiger partial charge in [-0.3, -0.25) is 4.57 Å². The molecule has 1 fully saturated rings. The van der Waals surface area contributed by atoms with Crippen LogP contribution in [0.4, 0.5) is 5.69 Å². The van der Waals surface area contributed by atoms with E-state index in [-0.39, 0.29) is 49.0 Å². The van der Waals surface area contributed by atoms with Crippen LogP contribution >= 0.6 is 0 Å². The predicted octanol–water partition coefficient (Wildman–Crippen LogP) is 11.5. The quantitative estimate of drug-likeness (QED) is 0.113. The molecule has 0 spiro atoms. The molecule has 0 aliphatic carbocycles. The number of hydrogen-bond donors (Lipinski definition) is 0. The van der Waals surface area contributed by atoms with Gasteiger partial charge in [-0.1, -0.05) is 127 Å². The molecule has 7 aromatic carbocycles. The van der Waals surface area contributed by atoms with Crippen LogP contribution in [0.2, 0.25) is 0 Å². The first-order valence-electron chi connectivity index (χ1n) is 24.0. The number of nitrogens with zero attached hydrogens (tertiary/aromatic N) is 5. The molecule has 0 unspecified atom stereocenters. The van der Waals surface area contributed by atoms with E-state index in [1.807, 2.05) is 72.9 Å². The molecule has 3 aromatic heterocycles. The van der Waals surface area contributed by atoms with Gasteiger partial charge in [-0.15, -0.1) is 29.7 Å². The van der Waals surface area contributed by atoms with Crippen LogP contribution in [0.15, 0.2) is 176 Å². The summed E-state index contributed by atoms with van der Waals surface area (Å²) in [6, 6.07) is 35.4. The monoisotopic (exact) mass is 952 g/mol. The fraction of sp³-hybridized carbons (Fsp3) is 0.0769. The van der Waals surface area contributed by atoms with Crippen LogP contribution in [0.3, 0.4) is 0 Å². The normalized spacial score (nSPS) is 15.0. The van der Waals surface area contributed by atoms with E-state index in [9.17, 15) is 0 Å². The first-order valence-corrected chi connectivity index (χ1v) is 19.0. The van der Waals surface area contributed by atoms with Crippen LogP contribution < -0.4 is 14.2 Å². The average Bonchev–Trinajstić information content (AvgIpc) is 4.12. The van der Waals surface area contributed by atoms with Crippen molar-refractivity contribution < 1.29 is 44.1 Å². The number of aromatic nitrogens is 4. The van der Waals surface area contributed by atoms with Gasteiger partial charge in [-0.05, 0) is 64.4 Å². The Balaban J connectivity index is 0.00000553. The maximum absolute atomic E-state index is 9.00. The number of hydrogen-bond acceptors (Lipinski definition) is 3. The Kier molecular flexibility index (Phi) is 7.12. The molecule has 1 aliphatic rings. The van der Waals surface area contributed by atoms with Gasteiger partial charge in [0.1, 0.15) is 0 Å². The summed E-state index contributed by atoms with van der Waals surface area (Å²) >= 11 is 0. The topological polar surface area (TPSA) is 39.1 Å². The van der Waals surface area contributed by atoms with Gasteiger partial charge in [0.25, 0.3) is 6.33 Å². The molecule has 1 aliphatic heterocycles. The van der Waals surface area contributed by atoms with E-state index in [2.05, 4.69) is 46.1 Å². The van der Waals surface area contributed by atoms with Gasteiger partial charge in [-0.2, -0.15) is 18.2 Å². The van der Waals surface area contributed by atoms with E-state index in [4.69, 9.17) is 23.4 Å². The summed E-state index contributed by atoms with van der Waals surface area (Å²) in [6.07, 6.45) is 7.46. The number of para-hydroxylation sites is 4. The summed E-state index contributed by atoms with van der Waals surface area (Å²) in [5.41, 5.74) is 4.71. The Morgan fingerprint density at radius 1 is 0.627 bits per heavy atom. The second-order valence-electron chi connectivity index (χ2n) is 13.9. The maximum atomic E-state index is 9.00. The van der Waals surface area contributed by atoms with E-state index in [0.29, 0.717) is 28.2 Å². The number of fused-ring (bicyclic) bond motifs is 4. The van der Waals surface area contributed by atoms with Crippen molar-refractivity contribution in [1.82, 2.24) is 14.1 Å². The molecule has 11 rings (SSSR count). The molecule has 10 aromatic rings. The van der Waals surface area contributed by atoms with Gasteiger partial charge in [0.2, 0.25) is 0 Å². The smallest absolute Gasteiger partial charge is 0.268 e. The van der Waals surface area contributed by atoms with Crippen molar-refractivity contribution in [2.75, 3.05) is 18.0 Å². The molecule has 6 nitrogen and oxygen atoms in total. The van der Waals surface area contributed by atoms with Crippen LogP contribution in [-0.2, 0) is 21.1 Å². The molecule has 0 radical (unpaired) electrons. The summed E-state index contributed by atoms with van der Waals surface area (Å²) in [4.78, 5) is 7.29. The number of ether oxygens (including phenoxy) is 1. The molecule has 0 amide bonds. The number of pyridine rings is 1. The largest absolute Gasteiger partial charge is 0.510 e. The van der Waals surface area contributed by atoms with Crippen molar-refractivity contribution in [2.24, 2.45) is 0 Å². The van der Waals surface area contributed by atoms with Crippen molar-refractivity contribution >= 4 is 38.5 Å². The summed E-state index contributed by atoms with van der Waals surface area (Å²) in [7, 11) is 0. The summed E-state index contributed by atoms with van der Waals surface area (Å²) in [5.74, 6) is 1.63. The van der Waals surface area contributed by atoms with Crippen LogP contribution in [-0.4, -0.2) is 27.2 Å². The van der Waals surface area contributed by atoms with Crippen molar-refractivity contribution in [3.05, 3.63) is 194 Å². The number of anilines is 1. The third-order valence-corrected chi connectivity index (χ3v) is 10.6. The maximum Gasteiger partial charge on any atom is 0.268 e. The van der Waals surface area contributed by atoms with Crippen molar-refractivity contribution in [3.63, 3.8) is 0 Å². The van der Waals surface area contributed by atoms with Gasteiger partial charge >= 0.3 is 0 Å². The van der Waals surface area contributed by atoms with Gasteiger partial charge < -0.3 is 18.8 Å². The SMILES string of the molecule is [2H]c1c([2H])c([2H])c(-c2cccc(-c3c([2H])c([2H])c([2H])c([2H])c3[2H])c2-[n+]2[c-]n(-c3[c-]c(Oc4[c-]c5c(cc4)c4ccccc4n5-c4ncccc4N4CCCC4)ccc3)c3ccccc32)c([2H])c1[2H].[Pt]. The molecule has 4 heterocycles. The van der Waals surface area contributed by atoms with Gasteiger partial charge in [0.05, 0.1) is 36.1 Å². The van der Waals surface area contributed by atoms with E-state index < -0.39 is 60.4 Å². The van der Waals surface area contributed by atoms with E-state index >= 15 is 0 Å². The minimum absolute atomic E-state index is 0. The molecule has 0 bridgehead atoms. The third-order valence-electron chi connectivity index (χ3n) is 10.6. The fourth-order valence-corrected chi connectivity index (χ4v) is 8.03. The zero-order valence-electron chi connectivity index (χ0n) is 41.3. The van der Waals surface area contributed by atoms with E-state index in [1.54, 1.807) is 33.4 Å². The first kappa shape index (κ1) is 27.0. The van der Waals surface area contributed by atoms with Crippen LogP contribution in [0.5, 0.6) is 11.5 Å². The molecule has 0 saturated carbocycles. The van der Waals surface area contributed by atoms with Gasteiger partial charge in [-0.25, -0.2) is 4.98 Å². The van der Waals surface area contributed by atoms with Crippen molar-refractivity contribution in [2.45, 2.75) is 12.8 Å². The summed E-state index contributed by atoms with van der Waals surface area (Å²) < 4.78 is 98.9. The van der Waals surface area contributed by atoms with E-state index in [1.165, 1.54) is 0 Å². The van der Waals surface area contributed by atoms with Crippen LogP contribution in [0.25, 0.3) is 72.3 Å². The number of rotatable bonds is 8. The summed E-state index contributed by atoms with van der Waals surface area (Å²) in [5, 5.41) is 2.05. The van der Waals surface area contributed by atoms with Crippen molar-refractivity contribution in [3.8, 4) is 50.9 Å². The Labute approximate surface area is 371 Å². The molecule has 1 saturated heterocycles. The minimum atomic E-state index is -0.569. The number of imidazole rings is 1. The van der Waals surface area contributed by atoms with Crippen LogP contribution in [0.1, 0.15) is 26.5 Å². The second kappa shape index (κ2) is 15.5. The molecular weight excluding hydrogens is 906 g/mol. The second-order valence-corrected chi connectivity index (χ2v) is 13.9. The van der Waals surface area contributed by atoms with Gasteiger partial charge in [0, 0.05) is 57.4 Å². The molecule has 0 N–H and O–H groups in total. The zero-order valence-corrected chi connectivity index (χ0v) is 33.5. The van der Waals surface area contributed by atoms with Crippen LogP contribution in [0, 0.1) is 18.5 Å². The Bertz CT molecular complexity index is 3570. The minimum Gasteiger partial charge on any atom is -0.510 e. The van der Waals surface area contributed by atoms with Gasteiger partial charge in [0.15, 0.2) is 5.82 Å². The standard InChI is InChI=1S/C52H37N5O.Pt/c1-3-16-37(17-4-1)42-23-14-24-43(38-18-5-2-6-19-38)51(42)56-36-55(47-26-9-10-27-48(47)56)39-20-13-21-40(34-39)58-41-29-30-45-44-22-7-8-25-46(44)57(50(45)35-41)52-49(28-15-31-53-52)54-32-11-12-33-54;/h1-10,13-31H,11-12,32-33H2;/q-2;/i1D,2D,3D,4D,5D,6D,16D,17D,18D,19D;. The fourth-order valence-electron chi connectivity index (χ4n) is 8.03. The van der Waals surface area contributed by atoms with Crippen molar-refractivity contribution in [1.29, 1.82) is 0 Å². The third kappa shape index (κ3) is 6.50. The Hall–Kier alpha value is -6.75. The molecule has 7 heteroatoms. The average molecular weight is 953 g/mol. The first-order chi connectivity index (χ1) is 32.9. The zero-order chi connectivity index (χ0) is 47.1. The Morgan fingerprint density at radius 2 is 1.31 bits per heavy atom. The predicted molar refractivity (Wildman–Crippen MR) is 232 cm³/mol. The van der Waals surface area contributed by atoms with E-state index in [0.717, 1.165) is 59.2 Å².